The average molecular weight is 265 g/mol. The van der Waals surface area contributed by atoms with Gasteiger partial charge in [0, 0.05) is 12.1 Å². The molecule has 1 amide bonds. The van der Waals surface area contributed by atoms with Crippen LogP contribution in [0.4, 0.5) is 0 Å². The van der Waals surface area contributed by atoms with Crippen LogP contribution in [0.5, 0.6) is 0 Å². The normalized spacial score (nSPS) is 23.6. The maximum Gasteiger partial charge on any atom is 0.287 e. The fourth-order valence-electron chi connectivity index (χ4n) is 2.42. The van der Waals surface area contributed by atoms with E-state index in [9.17, 15) is 4.79 Å². The summed E-state index contributed by atoms with van der Waals surface area (Å²) in [5.41, 5.74) is 5.85. The minimum atomic E-state index is -0.120. The first-order chi connectivity index (χ1) is 9.04. The molecule has 0 saturated heterocycles. The third-order valence-electron chi connectivity index (χ3n) is 3.46. The van der Waals surface area contributed by atoms with E-state index in [0.717, 1.165) is 31.4 Å². The van der Waals surface area contributed by atoms with Gasteiger partial charge < -0.3 is 20.4 Å². The fraction of sp³-hybridized carbons (Fsp3) is 0.643. The Morgan fingerprint density at radius 3 is 2.68 bits per heavy atom. The molecule has 106 valence electrons. The highest BCUT2D eigenvalue weighted by Gasteiger charge is 2.21. The molecule has 5 nitrogen and oxygen atoms in total. The summed E-state index contributed by atoms with van der Waals surface area (Å²) in [5.74, 6) is 1.08. The van der Waals surface area contributed by atoms with Crippen molar-refractivity contribution in [2.75, 3.05) is 14.1 Å². The Morgan fingerprint density at radius 2 is 2.05 bits per heavy atom. The molecule has 0 aliphatic heterocycles. The lowest BCUT2D eigenvalue weighted by atomic mass is 9.92. The fourth-order valence-corrected chi connectivity index (χ4v) is 2.42. The molecule has 1 saturated carbocycles. The Hall–Kier alpha value is -1.33. The smallest absolute Gasteiger partial charge is 0.287 e. The molecule has 1 fully saturated rings. The zero-order chi connectivity index (χ0) is 13.8. The second-order valence-electron chi connectivity index (χ2n) is 5.59. The molecule has 1 aliphatic rings. The summed E-state index contributed by atoms with van der Waals surface area (Å²) < 4.78 is 5.54. The van der Waals surface area contributed by atoms with Crippen LogP contribution in [0.3, 0.4) is 0 Å². The van der Waals surface area contributed by atoms with Crippen molar-refractivity contribution in [2.45, 2.75) is 44.3 Å². The molecule has 1 heterocycles. The number of nitrogens with zero attached hydrogens (tertiary/aromatic N) is 1. The number of rotatable bonds is 4. The Labute approximate surface area is 114 Å². The van der Waals surface area contributed by atoms with Gasteiger partial charge in [0.2, 0.25) is 0 Å². The van der Waals surface area contributed by atoms with Crippen molar-refractivity contribution in [3.63, 3.8) is 0 Å². The molecule has 3 N–H and O–H groups in total. The maximum absolute atomic E-state index is 12.0. The third kappa shape index (κ3) is 4.08. The number of carbonyl (C=O) groups is 1. The van der Waals surface area contributed by atoms with Crippen LogP contribution < -0.4 is 11.1 Å². The van der Waals surface area contributed by atoms with Gasteiger partial charge in [-0.25, -0.2) is 0 Å². The SMILES string of the molecule is CN(C)Cc1ccc(C(=O)N[C@H]2CC[C@H](N)CC2)o1. The Balaban J connectivity index is 1.87. The Morgan fingerprint density at radius 1 is 1.37 bits per heavy atom. The van der Waals surface area contributed by atoms with Crippen LogP contribution in [0.15, 0.2) is 16.5 Å². The van der Waals surface area contributed by atoms with Gasteiger partial charge in [-0.05, 0) is 51.9 Å². The van der Waals surface area contributed by atoms with Gasteiger partial charge in [-0.15, -0.1) is 0 Å². The number of furan rings is 1. The lowest BCUT2D eigenvalue weighted by Crippen LogP contribution is -2.40. The van der Waals surface area contributed by atoms with Crippen molar-refractivity contribution in [1.29, 1.82) is 0 Å². The summed E-state index contributed by atoms with van der Waals surface area (Å²) in [4.78, 5) is 14.0. The standard InChI is InChI=1S/C14H23N3O2/c1-17(2)9-12-7-8-13(19-12)14(18)16-11-5-3-10(15)4-6-11/h7-8,10-11H,3-6,9,15H2,1-2H3,(H,16,18)/t10-,11-. The molecular formula is C14H23N3O2. The van der Waals surface area contributed by atoms with Crippen molar-refractivity contribution < 1.29 is 9.21 Å². The van der Waals surface area contributed by atoms with Gasteiger partial charge in [0.05, 0.1) is 6.54 Å². The van der Waals surface area contributed by atoms with Crippen LogP contribution in [0, 0.1) is 0 Å². The molecule has 0 bridgehead atoms. The first kappa shape index (κ1) is 14.1. The third-order valence-corrected chi connectivity index (χ3v) is 3.46. The first-order valence-electron chi connectivity index (χ1n) is 6.84. The monoisotopic (exact) mass is 265 g/mol. The topological polar surface area (TPSA) is 71.5 Å². The lowest BCUT2D eigenvalue weighted by molar-refractivity contribution is 0.0894. The number of nitrogens with one attached hydrogen (secondary N) is 1. The number of amides is 1. The number of nitrogens with two attached hydrogens (primary N) is 1. The van der Waals surface area contributed by atoms with Crippen LogP contribution in [-0.2, 0) is 6.54 Å². The van der Waals surface area contributed by atoms with E-state index in [1.807, 2.05) is 25.1 Å². The van der Waals surface area contributed by atoms with E-state index in [2.05, 4.69) is 5.32 Å². The van der Waals surface area contributed by atoms with E-state index in [-0.39, 0.29) is 11.9 Å². The largest absolute Gasteiger partial charge is 0.455 e. The van der Waals surface area contributed by atoms with Crippen LogP contribution in [0.25, 0.3) is 0 Å². The van der Waals surface area contributed by atoms with Crippen molar-refractivity contribution in [1.82, 2.24) is 10.2 Å². The Bertz CT molecular complexity index is 420. The van der Waals surface area contributed by atoms with E-state index in [0.29, 0.717) is 18.3 Å². The minimum Gasteiger partial charge on any atom is -0.455 e. The molecule has 1 aromatic rings. The highest BCUT2D eigenvalue weighted by molar-refractivity contribution is 5.91. The van der Waals surface area contributed by atoms with Crippen LogP contribution in [0.2, 0.25) is 0 Å². The summed E-state index contributed by atoms with van der Waals surface area (Å²) in [5, 5.41) is 3.02. The summed E-state index contributed by atoms with van der Waals surface area (Å²) in [6.07, 6.45) is 3.88. The molecule has 0 atom stereocenters. The predicted octanol–water partition coefficient (Wildman–Crippen LogP) is 1.34. The molecule has 0 aromatic carbocycles. The maximum atomic E-state index is 12.0. The van der Waals surface area contributed by atoms with Gasteiger partial charge in [-0.2, -0.15) is 0 Å². The first-order valence-corrected chi connectivity index (χ1v) is 6.84. The van der Waals surface area contributed by atoms with Crippen molar-refractivity contribution in [3.05, 3.63) is 23.7 Å². The number of hydrogen-bond acceptors (Lipinski definition) is 4. The average Bonchev–Trinajstić information content (AvgIpc) is 2.80. The summed E-state index contributed by atoms with van der Waals surface area (Å²) in [7, 11) is 3.93. The summed E-state index contributed by atoms with van der Waals surface area (Å²) in [6, 6.07) is 4.12. The molecule has 19 heavy (non-hydrogen) atoms. The zero-order valence-electron chi connectivity index (χ0n) is 11.7. The van der Waals surface area contributed by atoms with Crippen LogP contribution in [-0.4, -0.2) is 37.0 Å². The van der Waals surface area contributed by atoms with Crippen molar-refractivity contribution in [2.24, 2.45) is 5.73 Å². The van der Waals surface area contributed by atoms with Crippen molar-refractivity contribution in [3.8, 4) is 0 Å². The highest BCUT2D eigenvalue weighted by atomic mass is 16.4. The minimum absolute atomic E-state index is 0.120. The zero-order valence-corrected chi connectivity index (χ0v) is 11.7. The second-order valence-corrected chi connectivity index (χ2v) is 5.59. The molecule has 5 heteroatoms. The molecule has 1 aromatic heterocycles. The van der Waals surface area contributed by atoms with Gasteiger partial charge in [0.1, 0.15) is 5.76 Å². The molecular weight excluding hydrogens is 242 g/mol. The summed E-state index contributed by atoms with van der Waals surface area (Å²) in [6.45, 7) is 0.700. The number of hydrogen-bond donors (Lipinski definition) is 2. The van der Waals surface area contributed by atoms with Gasteiger partial charge >= 0.3 is 0 Å². The van der Waals surface area contributed by atoms with Gasteiger partial charge in [0.25, 0.3) is 5.91 Å². The quantitative estimate of drug-likeness (QED) is 0.862. The van der Waals surface area contributed by atoms with Crippen LogP contribution >= 0.6 is 0 Å². The van der Waals surface area contributed by atoms with Crippen molar-refractivity contribution >= 4 is 5.91 Å². The molecule has 0 radical (unpaired) electrons. The summed E-state index contributed by atoms with van der Waals surface area (Å²) >= 11 is 0. The molecule has 0 spiro atoms. The van der Waals surface area contributed by atoms with E-state index in [1.165, 1.54) is 0 Å². The second kappa shape index (κ2) is 6.21. The van der Waals surface area contributed by atoms with E-state index >= 15 is 0 Å². The number of carbonyl (C=O) groups excluding carboxylic acids is 1. The Kier molecular flexibility index (Phi) is 4.61. The molecule has 0 unspecified atom stereocenters. The molecule has 1 aliphatic carbocycles. The van der Waals surface area contributed by atoms with Gasteiger partial charge in [-0.3, -0.25) is 4.79 Å². The van der Waals surface area contributed by atoms with Gasteiger partial charge in [0.15, 0.2) is 5.76 Å². The van der Waals surface area contributed by atoms with E-state index < -0.39 is 0 Å². The van der Waals surface area contributed by atoms with Gasteiger partial charge in [-0.1, -0.05) is 0 Å². The van der Waals surface area contributed by atoms with E-state index in [1.54, 1.807) is 6.07 Å². The highest BCUT2D eigenvalue weighted by Crippen LogP contribution is 2.18. The lowest BCUT2D eigenvalue weighted by Gasteiger charge is -2.26. The van der Waals surface area contributed by atoms with Crippen LogP contribution in [0.1, 0.15) is 42.0 Å². The predicted molar refractivity (Wildman–Crippen MR) is 73.8 cm³/mol. The molecule has 2 rings (SSSR count). The van der Waals surface area contributed by atoms with E-state index in [4.69, 9.17) is 10.2 Å².